The van der Waals surface area contributed by atoms with Gasteiger partial charge >= 0.3 is 6.18 Å². The molecule has 0 saturated carbocycles. The molecule has 108 valence electrons. The van der Waals surface area contributed by atoms with Crippen LogP contribution in [0.5, 0.6) is 0 Å². The topological polar surface area (TPSA) is 48.1 Å². The van der Waals surface area contributed by atoms with Gasteiger partial charge < -0.3 is 10.5 Å². The van der Waals surface area contributed by atoms with Crippen molar-refractivity contribution in [3.05, 3.63) is 34.7 Å². The van der Waals surface area contributed by atoms with Crippen LogP contribution in [-0.2, 0) is 11.2 Å². The van der Waals surface area contributed by atoms with E-state index in [4.69, 9.17) is 5.73 Å². The molecule has 2 N–H and O–H groups in total. The number of halogens is 3. The summed E-state index contributed by atoms with van der Waals surface area (Å²) in [6.07, 6.45) is -3.91. The summed E-state index contributed by atoms with van der Waals surface area (Å²) in [4.78, 5) is 4.36. The number of thiazole rings is 1. The van der Waals surface area contributed by atoms with E-state index in [0.717, 1.165) is 16.3 Å². The van der Waals surface area contributed by atoms with E-state index in [1.54, 1.807) is 12.1 Å². The Kier molecular flexibility index (Phi) is 4.61. The molecule has 1 heterocycles. The normalized spacial score (nSPS) is 11.8. The van der Waals surface area contributed by atoms with Crippen LogP contribution in [0, 0.1) is 0 Å². The minimum absolute atomic E-state index is 0.00814. The number of ether oxygens (including phenoxy) is 1. The van der Waals surface area contributed by atoms with Gasteiger partial charge in [-0.2, -0.15) is 13.2 Å². The number of nitrogen functional groups attached to an aromatic ring is 1. The molecule has 0 amide bonds. The molecule has 20 heavy (non-hydrogen) atoms. The van der Waals surface area contributed by atoms with Crippen LogP contribution in [0.2, 0.25) is 0 Å². The summed E-state index contributed by atoms with van der Waals surface area (Å²) in [5, 5.41) is 2.61. The third kappa shape index (κ3) is 4.50. The Hall–Kier alpha value is -1.60. The number of hydrogen-bond acceptors (Lipinski definition) is 4. The smallest absolute Gasteiger partial charge is 0.399 e. The first-order chi connectivity index (χ1) is 9.44. The van der Waals surface area contributed by atoms with Crippen molar-refractivity contribution in [3.8, 4) is 11.3 Å². The molecule has 0 bridgehead atoms. The minimum atomic E-state index is -4.28. The van der Waals surface area contributed by atoms with Gasteiger partial charge in [-0.25, -0.2) is 4.98 Å². The van der Waals surface area contributed by atoms with Crippen molar-refractivity contribution in [1.29, 1.82) is 0 Å². The fourth-order valence-electron chi connectivity index (χ4n) is 1.56. The van der Waals surface area contributed by atoms with Crippen LogP contribution >= 0.6 is 11.3 Å². The Morgan fingerprint density at radius 3 is 2.55 bits per heavy atom. The van der Waals surface area contributed by atoms with Crippen LogP contribution in [0.25, 0.3) is 11.3 Å². The first-order valence-corrected chi connectivity index (χ1v) is 6.77. The van der Waals surface area contributed by atoms with Crippen molar-refractivity contribution in [2.24, 2.45) is 0 Å². The molecular formula is C13H13F3N2OS. The number of anilines is 1. The van der Waals surface area contributed by atoms with Crippen LogP contribution in [-0.4, -0.2) is 24.4 Å². The summed E-state index contributed by atoms with van der Waals surface area (Å²) in [6, 6.07) is 7.27. The summed E-state index contributed by atoms with van der Waals surface area (Å²) in [6.45, 7) is -1.21. The van der Waals surface area contributed by atoms with Gasteiger partial charge in [-0.1, -0.05) is 12.1 Å². The van der Waals surface area contributed by atoms with Gasteiger partial charge in [0.05, 0.1) is 17.3 Å². The monoisotopic (exact) mass is 302 g/mol. The highest BCUT2D eigenvalue weighted by molar-refractivity contribution is 7.09. The minimum Gasteiger partial charge on any atom is -0.399 e. The molecular weight excluding hydrogens is 289 g/mol. The van der Waals surface area contributed by atoms with Gasteiger partial charge in [0.1, 0.15) is 6.61 Å². The molecule has 1 aromatic carbocycles. The zero-order chi connectivity index (χ0) is 14.6. The van der Waals surface area contributed by atoms with Gasteiger partial charge in [0.25, 0.3) is 0 Å². The first kappa shape index (κ1) is 14.8. The van der Waals surface area contributed by atoms with Crippen LogP contribution in [0.1, 0.15) is 5.01 Å². The Balaban J connectivity index is 1.88. The maximum atomic E-state index is 11.9. The van der Waals surface area contributed by atoms with E-state index in [2.05, 4.69) is 9.72 Å². The van der Waals surface area contributed by atoms with E-state index < -0.39 is 12.8 Å². The number of aromatic nitrogens is 1. The molecule has 1 aromatic heterocycles. The lowest BCUT2D eigenvalue weighted by molar-refractivity contribution is -0.173. The average Bonchev–Trinajstić information content (AvgIpc) is 2.83. The molecule has 0 aliphatic rings. The molecule has 0 aliphatic carbocycles. The molecule has 2 rings (SSSR count). The van der Waals surface area contributed by atoms with Crippen molar-refractivity contribution >= 4 is 17.0 Å². The standard InChI is InChI=1S/C13H13F3N2OS/c14-13(15,16)8-19-6-5-12-18-11(7-20-12)9-1-3-10(17)4-2-9/h1-4,7H,5-6,8,17H2. The summed E-state index contributed by atoms with van der Waals surface area (Å²) < 4.78 is 40.2. The van der Waals surface area contributed by atoms with Gasteiger partial charge in [-0.05, 0) is 12.1 Å². The predicted octanol–water partition coefficient (Wildman–Crippen LogP) is 3.51. The number of hydrogen-bond donors (Lipinski definition) is 1. The number of nitrogens with two attached hydrogens (primary N) is 1. The van der Waals surface area contributed by atoms with E-state index in [1.807, 2.05) is 17.5 Å². The SMILES string of the molecule is Nc1ccc(-c2csc(CCOCC(F)(F)F)n2)cc1. The van der Waals surface area contributed by atoms with E-state index in [0.29, 0.717) is 12.1 Å². The zero-order valence-corrected chi connectivity index (χ0v) is 11.3. The van der Waals surface area contributed by atoms with Crippen molar-refractivity contribution in [3.63, 3.8) is 0 Å². The van der Waals surface area contributed by atoms with E-state index in [-0.39, 0.29) is 6.61 Å². The largest absolute Gasteiger partial charge is 0.411 e. The summed E-state index contributed by atoms with van der Waals surface area (Å²) in [5.74, 6) is 0. The van der Waals surface area contributed by atoms with Crippen molar-refractivity contribution in [1.82, 2.24) is 4.98 Å². The van der Waals surface area contributed by atoms with Crippen LogP contribution in [0.4, 0.5) is 18.9 Å². The molecule has 0 saturated heterocycles. The predicted molar refractivity (Wildman–Crippen MR) is 72.5 cm³/mol. The van der Waals surface area contributed by atoms with Gasteiger partial charge in [0, 0.05) is 23.1 Å². The second-order valence-corrected chi connectivity index (χ2v) is 5.11. The highest BCUT2D eigenvalue weighted by Crippen LogP contribution is 2.23. The molecule has 0 spiro atoms. The summed E-state index contributed by atoms with van der Waals surface area (Å²) in [7, 11) is 0. The maximum absolute atomic E-state index is 11.9. The molecule has 0 unspecified atom stereocenters. The summed E-state index contributed by atoms with van der Waals surface area (Å²) in [5.41, 5.74) is 7.99. The Labute approximate surface area is 118 Å². The van der Waals surface area contributed by atoms with Gasteiger partial charge in [0.15, 0.2) is 0 Å². The Bertz CT molecular complexity index is 551. The molecule has 0 atom stereocenters. The molecule has 0 aliphatic heterocycles. The second-order valence-electron chi connectivity index (χ2n) is 4.17. The summed E-state index contributed by atoms with van der Waals surface area (Å²) >= 11 is 1.40. The lowest BCUT2D eigenvalue weighted by Gasteiger charge is -2.06. The number of rotatable bonds is 5. The van der Waals surface area contributed by atoms with Crippen LogP contribution < -0.4 is 5.73 Å². The van der Waals surface area contributed by atoms with Crippen LogP contribution in [0.3, 0.4) is 0 Å². The molecule has 0 radical (unpaired) electrons. The lowest BCUT2D eigenvalue weighted by atomic mass is 10.1. The molecule has 3 nitrogen and oxygen atoms in total. The highest BCUT2D eigenvalue weighted by Gasteiger charge is 2.27. The fourth-order valence-corrected chi connectivity index (χ4v) is 2.35. The average molecular weight is 302 g/mol. The Morgan fingerprint density at radius 1 is 1.20 bits per heavy atom. The number of nitrogens with zero attached hydrogens (tertiary/aromatic N) is 1. The van der Waals surface area contributed by atoms with E-state index >= 15 is 0 Å². The van der Waals surface area contributed by atoms with Gasteiger partial charge in [-0.3, -0.25) is 0 Å². The van der Waals surface area contributed by atoms with Gasteiger partial charge in [-0.15, -0.1) is 11.3 Å². The Morgan fingerprint density at radius 2 is 1.90 bits per heavy atom. The van der Waals surface area contributed by atoms with Gasteiger partial charge in [0.2, 0.25) is 0 Å². The second kappa shape index (κ2) is 6.23. The van der Waals surface area contributed by atoms with E-state index in [1.165, 1.54) is 11.3 Å². The lowest BCUT2D eigenvalue weighted by Crippen LogP contribution is -2.17. The fraction of sp³-hybridized carbons (Fsp3) is 0.308. The van der Waals surface area contributed by atoms with Crippen molar-refractivity contribution < 1.29 is 17.9 Å². The zero-order valence-electron chi connectivity index (χ0n) is 10.5. The van der Waals surface area contributed by atoms with Crippen molar-refractivity contribution in [2.75, 3.05) is 18.9 Å². The first-order valence-electron chi connectivity index (χ1n) is 5.89. The quantitative estimate of drug-likeness (QED) is 0.679. The highest BCUT2D eigenvalue weighted by atomic mass is 32.1. The third-order valence-electron chi connectivity index (χ3n) is 2.48. The molecule has 0 fully saturated rings. The number of alkyl halides is 3. The number of benzene rings is 1. The molecule has 7 heteroatoms. The maximum Gasteiger partial charge on any atom is 0.411 e. The van der Waals surface area contributed by atoms with Crippen molar-refractivity contribution in [2.45, 2.75) is 12.6 Å². The van der Waals surface area contributed by atoms with E-state index in [9.17, 15) is 13.2 Å². The molecule has 2 aromatic rings. The van der Waals surface area contributed by atoms with Crippen LogP contribution in [0.15, 0.2) is 29.6 Å². The third-order valence-corrected chi connectivity index (χ3v) is 3.39.